The SMILES string of the molecule is COCCCC1(c2ccc(F)cc2F)OCCO1. The van der Waals surface area contributed by atoms with Crippen LogP contribution in [0, 0.1) is 11.6 Å². The van der Waals surface area contributed by atoms with Crippen molar-refractivity contribution in [3.63, 3.8) is 0 Å². The molecule has 1 saturated heterocycles. The van der Waals surface area contributed by atoms with Crippen molar-refractivity contribution in [3.05, 3.63) is 35.4 Å². The molecule has 0 unspecified atom stereocenters. The Morgan fingerprint density at radius 2 is 2.00 bits per heavy atom. The van der Waals surface area contributed by atoms with Crippen molar-refractivity contribution in [2.45, 2.75) is 18.6 Å². The maximum atomic E-state index is 13.8. The highest BCUT2D eigenvalue weighted by molar-refractivity contribution is 5.24. The maximum Gasteiger partial charge on any atom is 0.197 e. The smallest absolute Gasteiger partial charge is 0.197 e. The van der Waals surface area contributed by atoms with E-state index in [1.807, 2.05) is 0 Å². The minimum absolute atomic E-state index is 0.248. The van der Waals surface area contributed by atoms with Gasteiger partial charge in [-0.25, -0.2) is 8.78 Å². The molecule has 0 saturated carbocycles. The summed E-state index contributed by atoms with van der Waals surface area (Å²) in [6.45, 7) is 1.35. The summed E-state index contributed by atoms with van der Waals surface area (Å²) < 4.78 is 42.8. The first-order valence-electron chi connectivity index (χ1n) is 5.90. The molecule has 1 heterocycles. The number of methoxy groups -OCH3 is 1. The predicted octanol–water partition coefficient (Wildman–Crippen LogP) is 2.59. The number of rotatable bonds is 5. The van der Waals surface area contributed by atoms with Gasteiger partial charge in [-0.2, -0.15) is 0 Å². The van der Waals surface area contributed by atoms with Crippen LogP contribution in [0.4, 0.5) is 8.78 Å². The minimum Gasteiger partial charge on any atom is -0.385 e. The van der Waals surface area contributed by atoms with Gasteiger partial charge < -0.3 is 14.2 Å². The maximum absolute atomic E-state index is 13.8. The lowest BCUT2D eigenvalue weighted by molar-refractivity contribution is -0.174. The van der Waals surface area contributed by atoms with Crippen LogP contribution in [0.3, 0.4) is 0 Å². The molecular formula is C13H16F2O3. The second-order valence-electron chi connectivity index (χ2n) is 4.17. The molecule has 0 spiro atoms. The fourth-order valence-electron chi connectivity index (χ4n) is 2.14. The fraction of sp³-hybridized carbons (Fsp3) is 0.538. The Balaban J connectivity index is 2.23. The molecule has 0 amide bonds. The molecule has 0 N–H and O–H groups in total. The van der Waals surface area contributed by atoms with Crippen molar-refractivity contribution < 1.29 is 23.0 Å². The Hall–Kier alpha value is -1.04. The van der Waals surface area contributed by atoms with Crippen LogP contribution >= 0.6 is 0 Å². The summed E-state index contributed by atoms with van der Waals surface area (Å²) >= 11 is 0. The molecule has 1 fully saturated rings. The van der Waals surface area contributed by atoms with Gasteiger partial charge in [-0.15, -0.1) is 0 Å². The number of benzene rings is 1. The van der Waals surface area contributed by atoms with Gasteiger partial charge in [0.25, 0.3) is 0 Å². The number of hydrogen-bond acceptors (Lipinski definition) is 3. The van der Waals surface area contributed by atoms with E-state index in [4.69, 9.17) is 14.2 Å². The highest BCUT2D eigenvalue weighted by atomic mass is 19.1. The van der Waals surface area contributed by atoms with Crippen LogP contribution in [-0.4, -0.2) is 26.9 Å². The third-order valence-electron chi connectivity index (χ3n) is 2.95. The molecule has 1 aromatic rings. The third kappa shape index (κ3) is 2.68. The van der Waals surface area contributed by atoms with Crippen molar-refractivity contribution in [1.29, 1.82) is 0 Å². The molecule has 0 radical (unpaired) electrons. The van der Waals surface area contributed by atoms with Crippen LogP contribution in [-0.2, 0) is 20.0 Å². The summed E-state index contributed by atoms with van der Waals surface area (Å²) in [6, 6.07) is 3.43. The molecular weight excluding hydrogens is 242 g/mol. The Labute approximate surface area is 105 Å². The van der Waals surface area contributed by atoms with E-state index >= 15 is 0 Å². The zero-order valence-electron chi connectivity index (χ0n) is 10.2. The van der Waals surface area contributed by atoms with Crippen LogP contribution in [0.25, 0.3) is 0 Å². The van der Waals surface area contributed by atoms with Gasteiger partial charge >= 0.3 is 0 Å². The standard InChI is InChI=1S/C13H16F2O3/c1-16-6-2-5-13(17-7-8-18-13)11-4-3-10(14)9-12(11)15/h3-4,9H,2,5-8H2,1H3. The second-order valence-corrected chi connectivity index (χ2v) is 4.17. The summed E-state index contributed by atoms with van der Waals surface area (Å²) in [5.74, 6) is -2.35. The zero-order valence-corrected chi connectivity index (χ0v) is 10.2. The van der Waals surface area contributed by atoms with E-state index in [2.05, 4.69) is 0 Å². The van der Waals surface area contributed by atoms with Crippen LogP contribution in [0.5, 0.6) is 0 Å². The van der Waals surface area contributed by atoms with Crippen LogP contribution < -0.4 is 0 Å². The first kappa shape index (κ1) is 13.4. The molecule has 1 aliphatic heterocycles. The zero-order chi connectivity index (χ0) is 13.0. The summed E-state index contributed by atoms with van der Waals surface area (Å²) in [6.07, 6.45) is 1.15. The highest BCUT2D eigenvalue weighted by Gasteiger charge is 2.40. The van der Waals surface area contributed by atoms with Crippen LogP contribution in [0.2, 0.25) is 0 Å². The molecule has 100 valence electrons. The highest BCUT2D eigenvalue weighted by Crippen LogP contribution is 2.37. The van der Waals surface area contributed by atoms with Gasteiger partial charge in [0.2, 0.25) is 0 Å². The Bertz CT molecular complexity index is 403. The summed E-state index contributed by atoms with van der Waals surface area (Å²) in [7, 11) is 1.60. The number of hydrogen-bond donors (Lipinski definition) is 0. The van der Waals surface area contributed by atoms with Crippen molar-refractivity contribution in [2.24, 2.45) is 0 Å². The van der Waals surface area contributed by atoms with E-state index < -0.39 is 17.4 Å². The Kier molecular flexibility index (Phi) is 4.27. The molecule has 5 heteroatoms. The van der Waals surface area contributed by atoms with Gasteiger partial charge in [-0.1, -0.05) is 0 Å². The average molecular weight is 258 g/mol. The monoisotopic (exact) mass is 258 g/mol. The molecule has 0 aromatic heterocycles. The van der Waals surface area contributed by atoms with E-state index in [0.717, 1.165) is 6.07 Å². The van der Waals surface area contributed by atoms with Gasteiger partial charge in [-0.3, -0.25) is 0 Å². The quantitative estimate of drug-likeness (QED) is 0.760. The molecule has 0 aliphatic carbocycles. The van der Waals surface area contributed by atoms with Gasteiger partial charge in [-0.05, 0) is 18.6 Å². The summed E-state index contributed by atoms with van der Waals surface area (Å²) in [5.41, 5.74) is 0.248. The van der Waals surface area contributed by atoms with E-state index in [1.165, 1.54) is 12.1 Å². The van der Waals surface area contributed by atoms with Crippen molar-refractivity contribution >= 4 is 0 Å². The molecule has 0 bridgehead atoms. The normalized spacial score (nSPS) is 18.2. The van der Waals surface area contributed by atoms with Gasteiger partial charge in [0.1, 0.15) is 11.6 Å². The van der Waals surface area contributed by atoms with Crippen molar-refractivity contribution in [1.82, 2.24) is 0 Å². The predicted molar refractivity (Wildman–Crippen MR) is 61.1 cm³/mol. The first-order chi connectivity index (χ1) is 8.68. The first-order valence-corrected chi connectivity index (χ1v) is 5.90. The van der Waals surface area contributed by atoms with Crippen molar-refractivity contribution in [3.8, 4) is 0 Å². The average Bonchev–Trinajstić information content (AvgIpc) is 2.79. The Morgan fingerprint density at radius 1 is 1.28 bits per heavy atom. The van der Waals surface area contributed by atoms with E-state index in [9.17, 15) is 8.78 Å². The summed E-state index contributed by atoms with van der Waals surface area (Å²) in [5, 5.41) is 0. The lowest BCUT2D eigenvalue weighted by Crippen LogP contribution is -2.29. The lowest BCUT2D eigenvalue weighted by atomic mass is 10.00. The van der Waals surface area contributed by atoms with E-state index in [0.29, 0.717) is 32.7 Å². The largest absolute Gasteiger partial charge is 0.385 e. The third-order valence-corrected chi connectivity index (χ3v) is 2.95. The van der Waals surface area contributed by atoms with E-state index in [-0.39, 0.29) is 5.56 Å². The van der Waals surface area contributed by atoms with E-state index in [1.54, 1.807) is 7.11 Å². The van der Waals surface area contributed by atoms with Crippen LogP contribution in [0.1, 0.15) is 18.4 Å². The topological polar surface area (TPSA) is 27.7 Å². The number of halogens is 2. The van der Waals surface area contributed by atoms with Crippen LogP contribution in [0.15, 0.2) is 18.2 Å². The molecule has 18 heavy (non-hydrogen) atoms. The Morgan fingerprint density at radius 3 is 2.61 bits per heavy atom. The number of ether oxygens (including phenoxy) is 3. The van der Waals surface area contributed by atoms with Gasteiger partial charge in [0, 0.05) is 31.8 Å². The molecule has 1 aromatic carbocycles. The molecule has 3 nitrogen and oxygen atoms in total. The summed E-state index contributed by atoms with van der Waals surface area (Å²) in [4.78, 5) is 0. The molecule has 0 atom stereocenters. The van der Waals surface area contributed by atoms with Gasteiger partial charge in [0.15, 0.2) is 5.79 Å². The minimum atomic E-state index is -1.10. The molecule has 2 rings (SSSR count). The fourth-order valence-corrected chi connectivity index (χ4v) is 2.14. The second kappa shape index (κ2) is 5.73. The lowest BCUT2D eigenvalue weighted by Gasteiger charge is -2.28. The molecule has 1 aliphatic rings. The van der Waals surface area contributed by atoms with Gasteiger partial charge in [0.05, 0.1) is 13.2 Å². The van der Waals surface area contributed by atoms with Crippen molar-refractivity contribution in [2.75, 3.05) is 26.9 Å².